The molecule has 0 aromatic heterocycles. The average molecular weight is 253 g/mol. The maximum absolute atomic E-state index is 6.47. The summed E-state index contributed by atoms with van der Waals surface area (Å²) in [7, 11) is 0. The van der Waals surface area contributed by atoms with Crippen LogP contribution >= 0.6 is 0 Å². The van der Waals surface area contributed by atoms with E-state index in [2.05, 4.69) is 27.7 Å². The van der Waals surface area contributed by atoms with Crippen molar-refractivity contribution in [3.8, 4) is 0 Å². The zero-order chi connectivity index (χ0) is 13.4. The van der Waals surface area contributed by atoms with E-state index in [0.29, 0.717) is 12.0 Å². The molecule has 2 rings (SSSR count). The van der Waals surface area contributed by atoms with Crippen molar-refractivity contribution in [1.29, 1.82) is 0 Å². The van der Waals surface area contributed by atoms with Crippen LogP contribution in [0.4, 0.5) is 0 Å². The van der Waals surface area contributed by atoms with Crippen molar-refractivity contribution in [2.75, 3.05) is 0 Å². The fourth-order valence-corrected chi connectivity index (χ4v) is 4.20. The summed E-state index contributed by atoms with van der Waals surface area (Å²) < 4.78 is 6.16. The van der Waals surface area contributed by atoms with Gasteiger partial charge in [-0.15, -0.1) is 0 Å². The van der Waals surface area contributed by atoms with E-state index in [1.54, 1.807) is 0 Å². The predicted octanol–water partition coefficient (Wildman–Crippen LogP) is 3.88. The second-order valence-electron chi connectivity index (χ2n) is 7.67. The molecule has 2 nitrogen and oxygen atoms in total. The van der Waals surface area contributed by atoms with Gasteiger partial charge in [0.2, 0.25) is 0 Å². The largest absolute Gasteiger partial charge is 0.369 e. The molecule has 1 saturated carbocycles. The van der Waals surface area contributed by atoms with Gasteiger partial charge in [0.25, 0.3) is 0 Å². The summed E-state index contributed by atoms with van der Waals surface area (Å²) >= 11 is 0. The van der Waals surface area contributed by atoms with Crippen molar-refractivity contribution < 1.29 is 4.74 Å². The van der Waals surface area contributed by atoms with Gasteiger partial charge in [0, 0.05) is 12.0 Å². The highest BCUT2D eigenvalue weighted by Gasteiger charge is 2.47. The lowest BCUT2D eigenvalue weighted by molar-refractivity contribution is -0.0768. The van der Waals surface area contributed by atoms with E-state index in [4.69, 9.17) is 10.5 Å². The van der Waals surface area contributed by atoms with Gasteiger partial charge < -0.3 is 10.5 Å². The molecular weight excluding hydrogens is 222 g/mol. The number of hydrogen-bond acceptors (Lipinski definition) is 2. The Labute approximate surface area is 113 Å². The molecule has 2 fully saturated rings. The smallest absolute Gasteiger partial charge is 0.0677 e. The van der Waals surface area contributed by atoms with E-state index >= 15 is 0 Å². The topological polar surface area (TPSA) is 35.2 Å². The summed E-state index contributed by atoms with van der Waals surface area (Å²) in [4.78, 5) is 0. The molecule has 0 aromatic carbocycles. The summed E-state index contributed by atoms with van der Waals surface area (Å²) in [5, 5.41) is 0. The first kappa shape index (κ1) is 14.3. The molecule has 0 amide bonds. The lowest BCUT2D eigenvalue weighted by Crippen LogP contribution is -2.41. The minimum Gasteiger partial charge on any atom is -0.369 e. The monoisotopic (exact) mass is 253 g/mol. The van der Waals surface area contributed by atoms with Gasteiger partial charge in [0.05, 0.1) is 11.2 Å². The van der Waals surface area contributed by atoms with Gasteiger partial charge in [-0.05, 0) is 52.9 Å². The van der Waals surface area contributed by atoms with Crippen LogP contribution in [-0.2, 0) is 4.74 Å². The number of rotatable bonds is 4. The van der Waals surface area contributed by atoms with Crippen molar-refractivity contribution in [3.63, 3.8) is 0 Å². The van der Waals surface area contributed by atoms with Crippen LogP contribution in [0.1, 0.15) is 72.6 Å². The average Bonchev–Trinajstić information content (AvgIpc) is 2.80. The summed E-state index contributed by atoms with van der Waals surface area (Å²) in [6, 6.07) is 0.308. The van der Waals surface area contributed by atoms with E-state index < -0.39 is 0 Å². The fourth-order valence-electron chi connectivity index (χ4n) is 4.20. The van der Waals surface area contributed by atoms with E-state index in [-0.39, 0.29) is 11.2 Å². The standard InChI is InChI=1S/C16H31NO/c1-15(2)11-13(16(3,4)18-15)14(17)10-9-12-7-5-6-8-12/h12-14H,5-11,17H2,1-4H3. The quantitative estimate of drug-likeness (QED) is 0.825. The van der Waals surface area contributed by atoms with Crippen molar-refractivity contribution >= 4 is 0 Å². The third-order valence-corrected chi connectivity index (χ3v) is 5.04. The van der Waals surface area contributed by atoms with Gasteiger partial charge in [-0.3, -0.25) is 0 Å². The Morgan fingerprint density at radius 3 is 2.28 bits per heavy atom. The maximum atomic E-state index is 6.47. The molecule has 2 aliphatic rings. The highest BCUT2D eigenvalue weighted by molar-refractivity contribution is 4.98. The Bertz CT molecular complexity index is 279. The highest BCUT2D eigenvalue weighted by Crippen LogP contribution is 2.44. The fraction of sp³-hybridized carbons (Fsp3) is 1.00. The van der Waals surface area contributed by atoms with Crippen LogP contribution in [0.2, 0.25) is 0 Å². The molecule has 1 saturated heterocycles. The minimum absolute atomic E-state index is 0.000848. The molecule has 1 heterocycles. The van der Waals surface area contributed by atoms with Gasteiger partial charge in [-0.2, -0.15) is 0 Å². The Balaban J connectivity index is 1.86. The normalized spacial score (nSPS) is 32.8. The van der Waals surface area contributed by atoms with E-state index in [0.717, 1.165) is 12.3 Å². The maximum Gasteiger partial charge on any atom is 0.0677 e. The van der Waals surface area contributed by atoms with E-state index in [1.165, 1.54) is 38.5 Å². The molecule has 0 bridgehead atoms. The van der Waals surface area contributed by atoms with Crippen molar-refractivity contribution in [1.82, 2.24) is 0 Å². The van der Waals surface area contributed by atoms with Gasteiger partial charge in [0.1, 0.15) is 0 Å². The van der Waals surface area contributed by atoms with Crippen LogP contribution < -0.4 is 5.73 Å². The Morgan fingerprint density at radius 2 is 1.78 bits per heavy atom. The minimum atomic E-state index is -0.0570. The SMILES string of the molecule is CC1(C)CC(C(N)CCC2CCCC2)C(C)(C)O1. The van der Waals surface area contributed by atoms with Gasteiger partial charge in [-0.1, -0.05) is 25.7 Å². The molecule has 18 heavy (non-hydrogen) atoms. The van der Waals surface area contributed by atoms with E-state index in [9.17, 15) is 0 Å². The Hall–Kier alpha value is -0.0800. The van der Waals surface area contributed by atoms with Crippen molar-refractivity contribution in [3.05, 3.63) is 0 Å². The lowest BCUT2D eigenvalue weighted by atomic mass is 9.79. The molecule has 0 spiro atoms. The van der Waals surface area contributed by atoms with Crippen LogP contribution in [0.25, 0.3) is 0 Å². The molecule has 0 radical (unpaired) electrons. The van der Waals surface area contributed by atoms with Gasteiger partial charge in [-0.25, -0.2) is 0 Å². The lowest BCUT2D eigenvalue weighted by Gasteiger charge is -2.31. The first-order valence-corrected chi connectivity index (χ1v) is 7.76. The second-order valence-corrected chi connectivity index (χ2v) is 7.67. The van der Waals surface area contributed by atoms with Crippen LogP contribution in [0.5, 0.6) is 0 Å². The molecular formula is C16H31NO. The van der Waals surface area contributed by atoms with Crippen LogP contribution in [0.3, 0.4) is 0 Å². The molecule has 106 valence electrons. The van der Waals surface area contributed by atoms with E-state index in [1.807, 2.05) is 0 Å². The van der Waals surface area contributed by atoms with Crippen molar-refractivity contribution in [2.45, 2.75) is 89.9 Å². The summed E-state index contributed by atoms with van der Waals surface area (Å²) in [6.07, 6.45) is 9.35. The van der Waals surface area contributed by atoms with Gasteiger partial charge >= 0.3 is 0 Å². The van der Waals surface area contributed by atoms with Crippen LogP contribution in [-0.4, -0.2) is 17.2 Å². The molecule has 2 atom stereocenters. The van der Waals surface area contributed by atoms with Crippen LogP contribution in [0, 0.1) is 11.8 Å². The number of hydrogen-bond donors (Lipinski definition) is 1. The summed E-state index contributed by atoms with van der Waals surface area (Å²) in [5.41, 5.74) is 6.42. The third kappa shape index (κ3) is 3.27. The number of ether oxygens (including phenoxy) is 1. The molecule has 1 aliphatic heterocycles. The zero-order valence-corrected chi connectivity index (χ0v) is 12.7. The molecule has 2 unspecified atom stereocenters. The third-order valence-electron chi connectivity index (χ3n) is 5.04. The number of nitrogens with two attached hydrogens (primary N) is 1. The van der Waals surface area contributed by atoms with Gasteiger partial charge in [0.15, 0.2) is 0 Å². The summed E-state index contributed by atoms with van der Waals surface area (Å²) in [5.74, 6) is 1.46. The predicted molar refractivity (Wildman–Crippen MR) is 76.5 cm³/mol. The van der Waals surface area contributed by atoms with Crippen LogP contribution in [0.15, 0.2) is 0 Å². The second kappa shape index (κ2) is 5.13. The highest BCUT2D eigenvalue weighted by atomic mass is 16.5. The zero-order valence-electron chi connectivity index (χ0n) is 12.7. The summed E-state index contributed by atoms with van der Waals surface area (Å²) in [6.45, 7) is 8.81. The Morgan fingerprint density at radius 1 is 1.17 bits per heavy atom. The molecule has 0 aromatic rings. The Kier molecular flexibility index (Phi) is 4.08. The molecule has 2 N–H and O–H groups in total. The van der Waals surface area contributed by atoms with Crippen molar-refractivity contribution in [2.24, 2.45) is 17.6 Å². The first-order valence-electron chi connectivity index (χ1n) is 7.76. The first-order chi connectivity index (χ1) is 8.30. The molecule has 2 heteroatoms. The molecule has 1 aliphatic carbocycles.